The molecular formula is C16H11IO3S. The fourth-order valence-corrected chi connectivity index (χ4v) is 3.62. The predicted molar refractivity (Wildman–Crippen MR) is 95.4 cm³/mol. The van der Waals surface area contributed by atoms with Crippen molar-refractivity contribution in [3.63, 3.8) is 0 Å². The zero-order chi connectivity index (χ0) is 13.9. The van der Waals surface area contributed by atoms with Crippen LogP contribution in [0.15, 0.2) is 59.5 Å². The Bertz CT molecular complexity index is 1060. The Kier molecular flexibility index (Phi) is 3.31. The van der Waals surface area contributed by atoms with Crippen LogP contribution in [0.5, 0.6) is 0 Å². The summed E-state index contributed by atoms with van der Waals surface area (Å²) in [5, 5.41) is 5.58. The van der Waals surface area contributed by atoms with E-state index in [1.165, 1.54) is 6.07 Å². The van der Waals surface area contributed by atoms with E-state index in [2.05, 4.69) is 0 Å². The van der Waals surface area contributed by atoms with E-state index in [9.17, 15) is 13.0 Å². The van der Waals surface area contributed by atoms with Gasteiger partial charge in [-0.2, -0.15) is 8.42 Å². The van der Waals surface area contributed by atoms with Crippen LogP contribution < -0.4 is 0 Å². The molecule has 1 N–H and O–H groups in total. The lowest BCUT2D eigenvalue weighted by molar-refractivity contribution is 0.484. The Balaban J connectivity index is 0.00000132. The molecule has 0 atom stereocenters. The van der Waals surface area contributed by atoms with Crippen molar-refractivity contribution in [2.75, 3.05) is 0 Å². The third-order valence-electron chi connectivity index (χ3n) is 3.77. The molecule has 5 heteroatoms. The monoisotopic (exact) mass is 410 g/mol. The fourth-order valence-electron chi connectivity index (χ4n) is 2.93. The van der Waals surface area contributed by atoms with Gasteiger partial charge in [0.2, 0.25) is 0 Å². The van der Waals surface area contributed by atoms with E-state index < -0.39 is 10.1 Å². The van der Waals surface area contributed by atoms with Crippen LogP contribution in [0, 0.1) is 0 Å². The van der Waals surface area contributed by atoms with Crippen molar-refractivity contribution in [2.45, 2.75) is 4.90 Å². The Morgan fingerprint density at radius 2 is 1.24 bits per heavy atom. The second-order valence-electron chi connectivity index (χ2n) is 4.89. The lowest BCUT2D eigenvalue weighted by atomic mass is 9.94. The summed E-state index contributed by atoms with van der Waals surface area (Å²) in [7, 11) is -4.23. The zero-order valence-electron chi connectivity index (χ0n) is 10.8. The van der Waals surface area contributed by atoms with Crippen LogP contribution in [-0.2, 0) is 10.1 Å². The van der Waals surface area contributed by atoms with Gasteiger partial charge >= 0.3 is 0 Å². The van der Waals surface area contributed by atoms with E-state index in [4.69, 9.17) is 0 Å². The van der Waals surface area contributed by atoms with Gasteiger partial charge in [-0.3, -0.25) is 4.55 Å². The third kappa shape index (κ3) is 2.07. The molecule has 0 aliphatic rings. The van der Waals surface area contributed by atoms with E-state index in [-0.39, 0.29) is 28.9 Å². The van der Waals surface area contributed by atoms with E-state index in [0.717, 1.165) is 26.9 Å². The average molecular weight is 410 g/mol. The Labute approximate surface area is 138 Å². The zero-order valence-corrected chi connectivity index (χ0v) is 13.9. The molecule has 0 spiro atoms. The van der Waals surface area contributed by atoms with Crippen LogP contribution >= 0.6 is 24.0 Å². The average Bonchev–Trinajstić information content (AvgIpc) is 2.43. The first-order valence-corrected chi connectivity index (χ1v) is 7.64. The van der Waals surface area contributed by atoms with Crippen LogP contribution in [0.2, 0.25) is 0 Å². The largest absolute Gasteiger partial charge is 0.295 e. The predicted octanol–water partition coefficient (Wildman–Crippen LogP) is 4.45. The minimum Gasteiger partial charge on any atom is -0.282 e. The summed E-state index contributed by atoms with van der Waals surface area (Å²) in [5.41, 5.74) is 0. The lowest BCUT2D eigenvalue weighted by Crippen LogP contribution is -1.99. The van der Waals surface area contributed by atoms with E-state index in [1.54, 1.807) is 12.1 Å². The molecule has 0 radical (unpaired) electrons. The van der Waals surface area contributed by atoms with Crippen molar-refractivity contribution < 1.29 is 13.0 Å². The van der Waals surface area contributed by atoms with E-state index in [1.807, 2.05) is 36.4 Å². The summed E-state index contributed by atoms with van der Waals surface area (Å²) in [6.07, 6.45) is 0. The van der Waals surface area contributed by atoms with Crippen LogP contribution in [0.3, 0.4) is 0 Å². The highest BCUT2D eigenvalue weighted by Gasteiger charge is 2.17. The first-order valence-electron chi connectivity index (χ1n) is 6.20. The molecule has 106 valence electrons. The molecule has 0 aliphatic carbocycles. The van der Waals surface area contributed by atoms with Gasteiger partial charge in [0.05, 0.1) is 0 Å². The van der Waals surface area contributed by atoms with Gasteiger partial charge < -0.3 is 0 Å². The van der Waals surface area contributed by atoms with Gasteiger partial charge in [0.25, 0.3) is 10.1 Å². The van der Waals surface area contributed by atoms with Gasteiger partial charge in [-0.15, -0.1) is 24.0 Å². The molecule has 0 aromatic heterocycles. The smallest absolute Gasteiger partial charge is 0.282 e. The van der Waals surface area contributed by atoms with Crippen molar-refractivity contribution in [2.24, 2.45) is 0 Å². The highest BCUT2D eigenvalue weighted by atomic mass is 127. The van der Waals surface area contributed by atoms with Crippen LogP contribution in [0.25, 0.3) is 32.3 Å². The molecule has 0 saturated carbocycles. The SMILES string of the molecule is I.O=S(=O)(O)c1ccc2ccc3cccc4ccc1c2c34. The van der Waals surface area contributed by atoms with Crippen molar-refractivity contribution >= 4 is 66.4 Å². The molecular weight excluding hydrogens is 399 g/mol. The highest BCUT2D eigenvalue weighted by molar-refractivity contribution is 14.0. The van der Waals surface area contributed by atoms with Gasteiger partial charge in [0, 0.05) is 5.39 Å². The van der Waals surface area contributed by atoms with Crippen LogP contribution in [0.4, 0.5) is 0 Å². The van der Waals surface area contributed by atoms with Crippen LogP contribution in [0.1, 0.15) is 0 Å². The molecule has 4 aromatic rings. The van der Waals surface area contributed by atoms with Gasteiger partial charge in [0.15, 0.2) is 0 Å². The molecule has 0 saturated heterocycles. The van der Waals surface area contributed by atoms with Gasteiger partial charge in [-0.05, 0) is 33.0 Å². The normalized spacial score (nSPS) is 12.0. The summed E-state index contributed by atoms with van der Waals surface area (Å²) in [4.78, 5) is -0.0387. The third-order valence-corrected chi connectivity index (χ3v) is 4.68. The second-order valence-corrected chi connectivity index (χ2v) is 6.28. The minimum atomic E-state index is -4.23. The van der Waals surface area contributed by atoms with Gasteiger partial charge in [-0.25, -0.2) is 0 Å². The van der Waals surface area contributed by atoms with Gasteiger partial charge in [-0.1, -0.05) is 48.5 Å². The minimum absolute atomic E-state index is 0. The molecule has 4 rings (SSSR count). The molecule has 0 heterocycles. The summed E-state index contributed by atoms with van der Waals surface area (Å²) in [6, 6.07) is 16.8. The number of hydrogen-bond acceptors (Lipinski definition) is 2. The van der Waals surface area contributed by atoms with Crippen molar-refractivity contribution in [1.82, 2.24) is 0 Å². The molecule has 0 aliphatic heterocycles. The maximum absolute atomic E-state index is 11.5. The first kappa shape index (κ1) is 14.5. The molecule has 0 bridgehead atoms. The quantitative estimate of drug-likeness (QED) is 0.287. The molecule has 3 nitrogen and oxygen atoms in total. The molecule has 0 unspecified atom stereocenters. The summed E-state index contributed by atoms with van der Waals surface area (Å²) < 4.78 is 32.5. The van der Waals surface area contributed by atoms with Crippen molar-refractivity contribution in [3.05, 3.63) is 54.6 Å². The maximum Gasteiger partial charge on any atom is 0.295 e. The standard InChI is InChI=1S/C16H10O3S.HI/c17-20(18,19)14-9-7-12-5-4-10-2-1-3-11-6-8-13(14)16(12)15(10)11;/h1-9H,(H,17,18,19);1H. The molecule has 21 heavy (non-hydrogen) atoms. The van der Waals surface area contributed by atoms with Crippen LogP contribution in [-0.4, -0.2) is 13.0 Å². The number of rotatable bonds is 1. The lowest BCUT2D eigenvalue weighted by Gasteiger charge is -2.12. The Morgan fingerprint density at radius 3 is 1.86 bits per heavy atom. The van der Waals surface area contributed by atoms with E-state index in [0.29, 0.717) is 5.39 Å². The molecule has 4 aromatic carbocycles. The number of benzene rings is 4. The van der Waals surface area contributed by atoms with Crippen molar-refractivity contribution in [1.29, 1.82) is 0 Å². The fraction of sp³-hybridized carbons (Fsp3) is 0. The molecule has 0 amide bonds. The highest BCUT2D eigenvalue weighted by Crippen LogP contribution is 2.36. The first-order chi connectivity index (χ1) is 9.55. The second kappa shape index (κ2) is 4.79. The summed E-state index contributed by atoms with van der Waals surface area (Å²) in [6.45, 7) is 0. The topological polar surface area (TPSA) is 54.4 Å². The summed E-state index contributed by atoms with van der Waals surface area (Å²) >= 11 is 0. The molecule has 0 fully saturated rings. The van der Waals surface area contributed by atoms with Gasteiger partial charge in [0.1, 0.15) is 4.90 Å². The maximum atomic E-state index is 11.5. The van der Waals surface area contributed by atoms with Crippen molar-refractivity contribution in [3.8, 4) is 0 Å². The van der Waals surface area contributed by atoms with E-state index >= 15 is 0 Å². The summed E-state index contributed by atoms with van der Waals surface area (Å²) in [5.74, 6) is 0. The number of halogens is 1. The Hall–Kier alpha value is -1.44. The Morgan fingerprint density at radius 1 is 0.714 bits per heavy atom. The number of hydrogen-bond donors (Lipinski definition) is 1.